The molecule has 1 saturated heterocycles. The van der Waals surface area contributed by atoms with Crippen LogP contribution in [-0.4, -0.2) is 37.0 Å². The molecule has 6 nitrogen and oxygen atoms in total. The lowest BCUT2D eigenvalue weighted by molar-refractivity contribution is -0.137. The summed E-state index contributed by atoms with van der Waals surface area (Å²) in [6.45, 7) is 1.44. The number of anilines is 1. The van der Waals surface area contributed by atoms with Crippen molar-refractivity contribution >= 4 is 22.3 Å². The lowest BCUT2D eigenvalue weighted by Crippen LogP contribution is -2.35. The van der Waals surface area contributed by atoms with Gasteiger partial charge in [0, 0.05) is 42.3 Å². The first kappa shape index (κ1) is 19.0. The fourth-order valence-electron chi connectivity index (χ4n) is 3.76. The van der Waals surface area contributed by atoms with Gasteiger partial charge >= 0.3 is 6.18 Å². The van der Waals surface area contributed by atoms with Gasteiger partial charge < -0.3 is 4.90 Å². The van der Waals surface area contributed by atoms with Gasteiger partial charge in [-0.2, -0.15) is 22.5 Å². The molecule has 30 heavy (non-hydrogen) atoms. The Bertz CT molecular complexity index is 1170. The van der Waals surface area contributed by atoms with Crippen molar-refractivity contribution in [3.63, 3.8) is 0 Å². The smallest absolute Gasteiger partial charge is 0.346 e. The second kappa shape index (κ2) is 7.35. The van der Waals surface area contributed by atoms with Crippen molar-refractivity contribution in [1.82, 2.24) is 24.0 Å². The highest BCUT2D eigenvalue weighted by molar-refractivity contribution is 7.09. The van der Waals surface area contributed by atoms with E-state index in [1.165, 1.54) is 22.0 Å². The van der Waals surface area contributed by atoms with Crippen molar-refractivity contribution in [2.45, 2.75) is 24.9 Å². The molecular formula is C20H17F3N6S. The van der Waals surface area contributed by atoms with Gasteiger partial charge in [0.05, 0.1) is 5.56 Å². The molecule has 0 radical (unpaired) electrons. The Balaban J connectivity index is 1.42. The van der Waals surface area contributed by atoms with Crippen LogP contribution in [0.5, 0.6) is 0 Å². The van der Waals surface area contributed by atoms with Crippen LogP contribution in [0.25, 0.3) is 17.0 Å². The molecule has 0 bridgehead atoms. The summed E-state index contributed by atoms with van der Waals surface area (Å²) in [6, 6.07) is 12.1. The van der Waals surface area contributed by atoms with Gasteiger partial charge in [-0.25, -0.2) is 0 Å². The predicted molar refractivity (Wildman–Crippen MR) is 108 cm³/mol. The Kier molecular flexibility index (Phi) is 4.65. The Morgan fingerprint density at radius 3 is 2.67 bits per heavy atom. The number of rotatable bonds is 3. The quantitative estimate of drug-likeness (QED) is 0.474. The summed E-state index contributed by atoms with van der Waals surface area (Å²) in [6.07, 6.45) is -1.60. The van der Waals surface area contributed by atoms with E-state index < -0.39 is 11.7 Å². The number of hydrogen-bond acceptors (Lipinski definition) is 6. The van der Waals surface area contributed by atoms with E-state index in [0.29, 0.717) is 23.8 Å². The van der Waals surface area contributed by atoms with Gasteiger partial charge in [-0.1, -0.05) is 30.3 Å². The number of alkyl halides is 3. The minimum absolute atomic E-state index is 0.0405. The Morgan fingerprint density at radius 2 is 1.87 bits per heavy atom. The normalized spacial score (nSPS) is 17.6. The summed E-state index contributed by atoms with van der Waals surface area (Å²) in [5, 5.41) is 9.08. The number of aromatic nitrogens is 5. The second-order valence-electron chi connectivity index (χ2n) is 7.25. The van der Waals surface area contributed by atoms with Gasteiger partial charge in [-0.05, 0) is 25.0 Å². The van der Waals surface area contributed by atoms with Crippen LogP contribution in [0.1, 0.15) is 30.1 Å². The molecular weight excluding hydrogens is 413 g/mol. The molecule has 0 aliphatic carbocycles. The molecule has 10 heteroatoms. The first-order valence-corrected chi connectivity index (χ1v) is 10.3. The minimum atomic E-state index is -4.41. The predicted octanol–water partition coefficient (Wildman–Crippen LogP) is 4.65. The fraction of sp³-hybridized carbons (Fsp3) is 0.300. The van der Waals surface area contributed by atoms with E-state index in [-0.39, 0.29) is 5.92 Å². The van der Waals surface area contributed by atoms with E-state index in [4.69, 9.17) is 0 Å². The number of nitrogens with zero attached hydrogens (tertiary/aromatic N) is 6. The molecule has 0 saturated carbocycles. The van der Waals surface area contributed by atoms with Gasteiger partial charge in [0.1, 0.15) is 5.82 Å². The zero-order valence-corrected chi connectivity index (χ0v) is 16.6. The average Bonchev–Trinajstić information content (AvgIpc) is 3.41. The standard InChI is InChI=1S/C20H17F3N6S/c21-20(22,23)15-8-9-16-25-26-18(29(16)12-15)14-7-4-10-28(11-14)19-24-17(27-30-19)13-5-2-1-3-6-13/h1-3,5-6,8-9,12,14H,4,7,10-11H2. The van der Waals surface area contributed by atoms with Crippen LogP contribution in [0.3, 0.4) is 0 Å². The van der Waals surface area contributed by atoms with Crippen LogP contribution in [-0.2, 0) is 6.18 Å². The van der Waals surface area contributed by atoms with Crippen LogP contribution in [0.2, 0.25) is 0 Å². The molecule has 4 aromatic rings. The monoisotopic (exact) mass is 430 g/mol. The van der Waals surface area contributed by atoms with E-state index in [9.17, 15) is 13.2 Å². The summed E-state index contributed by atoms with van der Waals surface area (Å²) >= 11 is 1.33. The third-order valence-corrected chi connectivity index (χ3v) is 6.04. The van der Waals surface area contributed by atoms with E-state index in [1.54, 1.807) is 0 Å². The van der Waals surface area contributed by atoms with Gasteiger partial charge in [0.2, 0.25) is 5.13 Å². The second-order valence-corrected chi connectivity index (χ2v) is 7.98. The van der Waals surface area contributed by atoms with Crippen LogP contribution in [0, 0.1) is 0 Å². The highest BCUT2D eigenvalue weighted by atomic mass is 32.1. The van der Waals surface area contributed by atoms with Gasteiger partial charge in [0.15, 0.2) is 11.5 Å². The molecule has 1 aromatic carbocycles. The van der Waals surface area contributed by atoms with Crippen LogP contribution in [0.4, 0.5) is 18.3 Å². The van der Waals surface area contributed by atoms with Crippen LogP contribution >= 0.6 is 11.5 Å². The minimum Gasteiger partial charge on any atom is -0.346 e. The summed E-state index contributed by atoms with van der Waals surface area (Å²) in [7, 11) is 0. The SMILES string of the molecule is FC(F)(F)c1ccc2nnc(C3CCCN(c4nc(-c5ccccc5)ns4)C3)n2c1. The highest BCUT2D eigenvalue weighted by Crippen LogP contribution is 2.33. The third kappa shape index (κ3) is 3.51. The Morgan fingerprint density at radius 1 is 1.03 bits per heavy atom. The lowest BCUT2D eigenvalue weighted by atomic mass is 9.97. The van der Waals surface area contributed by atoms with E-state index in [2.05, 4.69) is 24.5 Å². The van der Waals surface area contributed by atoms with Crippen molar-refractivity contribution in [3.8, 4) is 11.4 Å². The average molecular weight is 430 g/mol. The van der Waals surface area contributed by atoms with E-state index in [1.807, 2.05) is 30.3 Å². The maximum absolute atomic E-state index is 13.1. The molecule has 1 unspecified atom stereocenters. The van der Waals surface area contributed by atoms with Crippen LogP contribution < -0.4 is 4.90 Å². The number of benzene rings is 1. The molecule has 1 fully saturated rings. The zero-order chi connectivity index (χ0) is 20.7. The third-order valence-electron chi connectivity index (χ3n) is 5.26. The van der Waals surface area contributed by atoms with Crippen molar-refractivity contribution in [3.05, 3.63) is 60.0 Å². The van der Waals surface area contributed by atoms with Crippen molar-refractivity contribution < 1.29 is 13.2 Å². The first-order chi connectivity index (χ1) is 14.5. The van der Waals surface area contributed by atoms with Crippen molar-refractivity contribution in [2.24, 2.45) is 0 Å². The molecule has 5 rings (SSSR count). The maximum atomic E-state index is 13.1. The van der Waals surface area contributed by atoms with Gasteiger partial charge in [-0.15, -0.1) is 10.2 Å². The summed E-state index contributed by atoms with van der Waals surface area (Å²) in [4.78, 5) is 6.80. The topological polar surface area (TPSA) is 59.2 Å². The molecule has 0 N–H and O–H groups in total. The maximum Gasteiger partial charge on any atom is 0.417 e. The number of piperidine rings is 1. The number of hydrogen-bond donors (Lipinski definition) is 0. The molecule has 0 amide bonds. The summed E-state index contributed by atoms with van der Waals surface area (Å²) < 4.78 is 45.4. The number of pyridine rings is 1. The molecule has 1 aliphatic rings. The number of fused-ring (bicyclic) bond motifs is 1. The van der Waals surface area contributed by atoms with E-state index in [0.717, 1.165) is 42.3 Å². The number of halogens is 3. The molecule has 3 aromatic heterocycles. The first-order valence-electron chi connectivity index (χ1n) is 9.55. The highest BCUT2D eigenvalue weighted by Gasteiger charge is 2.32. The Labute approximate surface area is 174 Å². The van der Waals surface area contributed by atoms with Crippen molar-refractivity contribution in [2.75, 3.05) is 18.0 Å². The van der Waals surface area contributed by atoms with Gasteiger partial charge in [-0.3, -0.25) is 4.40 Å². The Hall–Kier alpha value is -3.01. The molecule has 154 valence electrons. The van der Waals surface area contributed by atoms with Gasteiger partial charge in [0.25, 0.3) is 0 Å². The van der Waals surface area contributed by atoms with Crippen LogP contribution in [0.15, 0.2) is 48.7 Å². The molecule has 1 atom stereocenters. The van der Waals surface area contributed by atoms with Crippen molar-refractivity contribution in [1.29, 1.82) is 0 Å². The summed E-state index contributed by atoms with van der Waals surface area (Å²) in [5.74, 6) is 1.19. The molecule has 4 heterocycles. The fourth-order valence-corrected chi connectivity index (χ4v) is 4.49. The van der Waals surface area contributed by atoms with E-state index >= 15 is 0 Å². The largest absolute Gasteiger partial charge is 0.417 e. The molecule has 0 spiro atoms. The molecule has 1 aliphatic heterocycles. The lowest BCUT2D eigenvalue weighted by Gasteiger charge is -2.31. The zero-order valence-electron chi connectivity index (χ0n) is 15.8. The summed E-state index contributed by atoms with van der Waals surface area (Å²) in [5.41, 5.74) is 0.662.